The molecule has 0 aliphatic carbocycles. The maximum absolute atomic E-state index is 12.7. The van der Waals surface area contributed by atoms with Crippen LogP contribution in [0.25, 0.3) is 0 Å². The lowest BCUT2D eigenvalue weighted by atomic mass is 9.86. The van der Waals surface area contributed by atoms with Gasteiger partial charge in [0.2, 0.25) is 0 Å². The van der Waals surface area contributed by atoms with Gasteiger partial charge in [0, 0.05) is 24.2 Å². The van der Waals surface area contributed by atoms with Crippen LogP contribution < -0.4 is 15.2 Å². The minimum Gasteiger partial charge on any atom is -0.373 e. The van der Waals surface area contributed by atoms with Gasteiger partial charge >= 0.3 is 18.3 Å². The van der Waals surface area contributed by atoms with Gasteiger partial charge in [-0.15, -0.1) is 0 Å². The van der Waals surface area contributed by atoms with Crippen LogP contribution in [0.3, 0.4) is 0 Å². The molecule has 2 saturated heterocycles. The topological polar surface area (TPSA) is 45.5 Å². The van der Waals surface area contributed by atoms with E-state index in [1.165, 1.54) is 0 Å². The number of hydrogen-bond donors (Lipinski definition) is 1. The van der Waals surface area contributed by atoms with Crippen molar-refractivity contribution in [3.05, 3.63) is 35.7 Å². The molecule has 1 spiro atoms. The van der Waals surface area contributed by atoms with Gasteiger partial charge in [0.25, 0.3) is 0 Å². The molecule has 2 aliphatic rings. The van der Waals surface area contributed by atoms with E-state index in [0.717, 1.165) is 67.9 Å². The normalized spacial score (nSPS) is 21.6. The molecule has 0 saturated carbocycles. The highest BCUT2D eigenvalue weighted by molar-refractivity contribution is 8.03. The van der Waals surface area contributed by atoms with E-state index in [2.05, 4.69) is 58.4 Å². The lowest BCUT2D eigenvalue weighted by Crippen LogP contribution is -2.44. The van der Waals surface area contributed by atoms with E-state index in [1.807, 2.05) is 14.0 Å². The molecule has 3 heterocycles. The van der Waals surface area contributed by atoms with Crippen molar-refractivity contribution in [2.75, 3.05) is 38.1 Å². The number of rotatable bonds is 7. The van der Waals surface area contributed by atoms with Crippen molar-refractivity contribution < 1.29 is 18.2 Å². The van der Waals surface area contributed by atoms with Gasteiger partial charge in [-0.3, -0.25) is 4.90 Å². The third-order valence-electron chi connectivity index (χ3n) is 6.51. The summed E-state index contributed by atoms with van der Waals surface area (Å²) in [7, 11) is 1.95. The van der Waals surface area contributed by atoms with Crippen molar-refractivity contribution in [2.24, 2.45) is 5.41 Å². The quantitative estimate of drug-likeness (QED) is 0.633. The Kier molecular flexibility index (Phi) is 6.55. The number of hydrogen-bond acceptors (Lipinski definition) is 5. The lowest BCUT2D eigenvalue weighted by molar-refractivity contribution is -0.284. The number of likely N-dealkylation sites (N-methyl/N-ethyl adjacent to an activating group) is 1. The Morgan fingerprint density at radius 1 is 1.26 bits per heavy atom. The molecule has 9 heteroatoms. The van der Waals surface area contributed by atoms with Gasteiger partial charge in [-0.25, -0.2) is 0 Å². The molecule has 2 aliphatic heterocycles. The number of halogens is 3. The Labute approximate surface area is 187 Å². The van der Waals surface area contributed by atoms with Gasteiger partial charge < -0.3 is 10.2 Å². The highest BCUT2D eigenvalue weighted by atomic mass is 32.2. The largest absolute Gasteiger partial charge is 0.393 e. The minimum atomic E-state index is -4.28. The van der Waals surface area contributed by atoms with E-state index >= 15 is 0 Å². The van der Waals surface area contributed by atoms with Crippen LogP contribution in [-0.4, -0.2) is 54.8 Å². The number of aromatic nitrogens is 2. The molecular weight excluding hydrogens is 423 g/mol. The van der Waals surface area contributed by atoms with E-state index in [1.54, 1.807) is 0 Å². The summed E-state index contributed by atoms with van der Waals surface area (Å²) in [6, 6.07) is 0. The summed E-state index contributed by atoms with van der Waals surface area (Å²) in [5.74, 6) is 0.752. The summed E-state index contributed by atoms with van der Waals surface area (Å²) in [5, 5.41) is 3.81. The summed E-state index contributed by atoms with van der Waals surface area (Å²) >= 11 is 0.953. The molecule has 1 N–H and O–H groups in total. The number of nitrogens with zero attached hydrogens (tertiary/aromatic N) is 4. The Hall–Kier alpha value is -1.92. The second-order valence-electron chi connectivity index (χ2n) is 9.17. The van der Waals surface area contributed by atoms with Gasteiger partial charge in [-0.05, 0) is 50.5 Å². The van der Waals surface area contributed by atoms with Crippen LogP contribution in [0.1, 0.15) is 38.7 Å². The van der Waals surface area contributed by atoms with Gasteiger partial charge in [0.1, 0.15) is 0 Å². The molecule has 5 nitrogen and oxygen atoms in total. The molecule has 3 rings (SSSR count). The van der Waals surface area contributed by atoms with E-state index in [-0.39, 0.29) is 15.9 Å². The first-order valence-corrected chi connectivity index (χ1v) is 11.2. The zero-order valence-electron chi connectivity index (χ0n) is 18.7. The molecule has 1 unspecified atom stereocenters. The molecule has 0 aromatic carbocycles. The van der Waals surface area contributed by atoms with Crippen LogP contribution in [0.5, 0.6) is 0 Å². The molecule has 0 radical (unpaired) electrons. The zero-order valence-corrected chi connectivity index (χ0v) is 19.5. The minimum absolute atomic E-state index is 0.0173. The number of alkyl halides is 3. The van der Waals surface area contributed by atoms with E-state index < -0.39 is 12.6 Å². The van der Waals surface area contributed by atoms with Crippen LogP contribution in [0.2, 0.25) is 0 Å². The predicted molar refractivity (Wildman–Crippen MR) is 117 cm³/mol. The van der Waals surface area contributed by atoms with E-state index in [4.69, 9.17) is 0 Å². The first kappa shape index (κ1) is 23.7. The molecule has 1 aromatic rings. The number of likely N-dealkylation sites (tertiary alicyclic amines) is 1. The summed E-state index contributed by atoms with van der Waals surface area (Å²) < 4.78 is 38.0. The average Bonchev–Trinajstić information content (AvgIpc) is 3.28. The van der Waals surface area contributed by atoms with Gasteiger partial charge in [0.15, 0.2) is 5.03 Å². The maximum atomic E-state index is 12.7. The lowest BCUT2D eigenvalue weighted by Gasteiger charge is -2.35. The first-order valence-electron chi connectivity index (χ1n) is 10.4. The first-order chi connectivity index (χ1) is 14.4. The highest BCUT2D eigenvalue weighted by Gasteiger charge is 2.48. The Morgan fingerprint density at radius 3 is 2.58 bits per heavy atom. The van der Waals surface area contributed by atoms with Crippen molar-refractivity contribution in [2.45, 2.75) is 56.8 Å². The molecule has 0 amide bonds. The summed E-state index contributed by atoms with van der Waals surface area (Å²) in [6.45, 7) is 17.6. The second-order valence-corrected chi connectivity index (χ2v) is 10.3. The summed E-state index contributed by atoms with van der Waals surface area (Å²) in [5.41, 5.74) is 1.88. The Bertz CT molecular complexity index is 854. The third kappa shape index (κ3) is 5.29. The van der Waals surface area contributed by atoms with E-state index in [0.29, 0.717) is 5.03 Å². The molecule has 170 valence electrons. The van der Waals surface area contributed by atoms with Crippen molar-refractivity contribution in [3.8, 4) is 0 Å². The SMILES string of the molecule is C=C(CC(F)(F)F)Sc1nc#[n+]c(N2CCC3(CCN(C(=C)C(C)(C)NC)C3)C2)c1C. The van der Waals surface area contributed by atoms with Crippen LogP contribution in [0.15, 0.2) is 28.8 Å². The maximum Gasteiger partial charge on any atom is 0.393 e. The smallest absolute Gasteiger partial charge is 0.373 e. The highest BCUT2D eigenvalue weighted by Crippen LogP contribution is 2.43. The Morgan fingerprint density at radius 2 is 1.94 bits per heavy atom. The summed E-state index contributed by atoms with van der Waals surface area (Å²) in [4.78, 5) is 13.0. The number of thioether (sulfide) groups is 1. The zero-order chi connectivity index (χ0) is 23.0. The number of allylic oxidation sites excluding steroid dienone is 1. The molecule has 31 heavy (non-hydrogen) atoms. The third-order valence-corrected chi connectivity index (χ3v) is 7.53. The monoisotopic (exact) mass is 454 g/mol. The molecule has 1 atom stereocenters. The van der Waals surface area contributed by atoms with Crippen molar-refractivity contribution in [3.63, 3.8) is 0 Å². The van der Waals surface area contributed by atoms with Crippen LogP contribution in [-0.2, 0) is 0 Å². The second kappa shape index (κ2) is 8.55. The van der Waals surface area contributed by atoms with Crippen LogP contribution >= 0.6 is 11.8 Å². The standard InChI is InChI=1S/C22H31F3N5S/c1-15(11-22(23,24)25)31-19-16(2)18(27-14-28-19)30-10-8-21(13-30)7-9-29(12-21)17(3)20(4,5)26-6/h26H,1,3,7-13H2,2,4-6H3/q+1. The fourth-order valence-electron chi connectivity index (χ4n) is 4.34. The van der Waals surface area contributed by atoms with Gasteiger partial charge in [-0.1, -0.05) is 24.9 Å². The fraction of sp³-hybridized carbons (Fsp3) is 0.636. The van der Waals surface area contributed by atoms with Crippen molar-refractivity contribution in [1.82, 2.24) is 15.2 Å². The van der Waals surface area contributed by atoms with Crippen molar-refractivity contribution >= 4 is 17.6 Å². The van der Waals surface area contributed by atoms with Gasteiger partial charge in [0.05, 0.1) is 30.6 Å². The fourth-order valence-corrected chi connectivity index (χ4v) is 5.18. The van der Waals surface area contributed by atoms with Crippen molar-refractivity contribution in [1.29, 1.82) is 0 Å². The number of nitrogens with one attached hydrogen (secondary N) is 1. The average molecular weight is 455 g/mol. The van der Waals surface area contributed by atoms with Crippen LogP contribution in [0.4, 0.5) is 19.0 Å². The summed E-state index contributed by atoms with van der Waals surface area (Å²) in [6.07, 6.45) is -0.554. The van der Waals surface area contributed by atoms with E-state index in [9.17, 15) is 13.2 Å². The molecule has 2 fully saturated rings. The van der Waals surface area contributed by atoms with Gasteiger partial charge in [-0.2, -0.15) is 18.2 Å². The predicted octanol–water partition coefficient (Wildman–Crippen LogP) is 3.76. The number of anilines is 1. The molecular formula is C22H31F3N5S+. The Balaban J connectivity index is 1.69. The molecule has 1 aromatic heterocycles. The molecule has 0 bridgehead atoms. The van der Waals surface area contributed by atoms with Crippen LogP contribution in [0, 0.1) is 18.7 Å².